The highest BCUT2D eigenvalue weighted by molar-refractivity contribution is 5.86. The average Bonchev–Trinajstić information content (AvgIpc) is 2.43. The average molecular weight is 283 g/mol. The highest BCUT2D eigenvalue weighted by Gasteiger charge is 2.15. The molecule has 3 heteroatoms. The smallest absolute Gasteiger partial charge is 0.333 e. The number of esters is 1. The number of hydrogen-bond donors (Lipinski definition) is 0. The van der Waals surface area contributed by atoms with E-state index >= 15 is 0 Å². The molecule has 0 spiro atoms. The van der Waals surface area contributed by atoms with Crippen LogP contribution in [-0.2, 0) is 9.53 Å². The van der Waals surface area contributed by atoms with Gasteiger partial charge in [0.05, 0.1) is 6.61 Å². The molecule has 0 rings (SSSR count). The van der Waals surface area contributed by atoms with Gasteiger partial charge in [0.15, 0.2) is 0 Å². The quantitative estimate of drug-likeness (QED) is 0.306. The number of carbonyl (C=O) groups is 1. The van der Waals surface area contributed by atoms with Crippen molar-refractivity contribution in [3.05, 3.63) is 12.2 Å². The van der Waals surface area contributed by atoms with Gasteiger partial charge < -0.3 is 9.64 Å². The maximum Gasteiger partial charge on any atom is 0.333 e. The van der Waals surface area contributed by atoms with E-state index in [0.717, 1.165) is 25.9 Å². The summed E-state index contributed by atoms with van der Waals surface area (Å²) in [7, 11) is 0. The molecule has 0 fully saturated rings. The molecular weight excluding hydrogens is 250 g/mol. The van der Waals surface area contributed by atoms with Crippen LogP contribution in [0.25, 0.3) is 0 Å². The van der Waals surface area contributed by atoms with E-state index in [4.69, 9.17) is 4.74 Å². The highest BCUT2D eigenvalue weighted by Crippen LogP contribution is 2.15. The van der Waals surface area contributed by atoms with Crippen molar-refractivity contribution in [2.45, 2.75) is 72.3 Å². The van der Waals surface area contributed by atoms with Crippen molar-refractivity contribution in [3.63, 3.8) is 0 Å². The van der Waals surface area contributed by atoms with Crippen LogP contribution in [0.5, 0.6) is 0 Å². The third-order valence-electron chi connectivity index (χ3n) is 3.73. The molecule has 0 amide bonds. The summed E-state index contributed by atoms with van der Waals surface area (Å²) in [5, 5.41) is 0. The predicted molar refractivity (Wildman–Crippen MR) is 85.9 cm³/mol. The van der Waals surface area contributed by atoms with Gasteiger partial charge in [-0.05, 0) is 39.3 Å². The second kappa shape index (κ2) is 12.0. The lowest BCUT2D eigenvalue weighted by Crippen LogP contribution is -2.35. The molecular formula is C17H33NO2. The molecule has 0 aromatic carbocycles. The van der Waals surface area contributed by atoms with Crippen molar-refractivity contribution in [2.24, 2.45) is 0 Å². The van der Waals surface area contributed by atoms with Gasteiger partial charge in [-0.25, -0.2) is 4.79 Å². The van der Waals surface area contributed by atoms with Gasteiger partial charge in [-0.2, -0.15) is 0 Å². The molecule has 0 aromatic rings. The van der Waals surface area contributed by atoms with Crippen LogP contribution in [0.3, 0.4) is 0 Å². The van der Waals surface area contributed by atoms with Crippen molar-refractivity contribution < 1.29 is 9.53 Å². The zero-order chi connectivity index (χ0) is 15.4. The minimum absolute atomic E-state index is 0.268. The summed E-state index contributed by atoms with van der Waals surface area (Å²) < 4.78 is 5.17. The van der Waals surface area contributed by atoms with Crippen LogP contribution in [0.15, 0.2) is 12.2 Å². The van der Waals surface area contributed by atoms with Gasteiger partial charge in [-0.1, -0.05) is 46.6 Å². The van der Waals surface area contributed by atoms with Gasteiger partial charge >= 0.3 is 5.97 Å². The first-order chi connectivity index (χ1) is 9.56. The maximum atomic E-state index is 11.3. The molecule has 0 saturated carbocycles. The minimum atomic E-state index is -0.268. The highest BCUT2D eigenvalue weighted by atomic mass is 16.5. The molecule has 0 saturated heterocycles. The Kier molecular flexibility index (Phi) is 11.5. The van der Waals surface area contributed by atoms with Gasteiger partial charge in [0, 0.05) is 11.6 Å². The van der Waals surface area contributed by atoms with Gasteiger partial charge in [-0.3, -0.25) is 0 Å². The summed E-state index contributed by atoms with van der Waals surface area (Å²) in [5.41, 5.74) is 0.480. The van der Waals surface area contributed by atoms with Crippen LogP contribution in [-0.4, -0.2) is 36.6 Å². The first-order valence-corrected chi connectivity index (χ1v) is 8.13. The Balaban J connectivity index is 4.07. The Morgan fingerprint density at radius 3 is 2.20 bits per heavy atom. The zero-order valence-electron chi connectivity index (χ0n) is 13.9. The fraction of sp³-hybridized carbons (Fsp3) is 0.824. The summed E-state index contributed by atoms with van der Waals surface area (Å²) in [6, 6.07) is 0.625. The van der Waals surface area contributed by atoms with Crippen molar-refractivity contribution in [1.29, 1.82) is 0 Å². The van der Waals surface area contributed by atoms with E-state index in [9.17, 15) is 4.79 Å². The maximum absolute atomic E-state index is 11.3. The summed E-state index contributed by atoms with van der Waals surface area (Å²) >= 11 is 0. The third-order valence-corrected chi connectivity index (χ3v) is 3.73. The number of rotatable bonds is 12. The summed E-state index contributed by atoms with van der Waals surface area (Å²) in [4.78, 5) is 13.8. The molecule has 3 nitrogen and oxygen atoms in total. The molecule has 0 aliphatic heterocycles. The van der Waals surface area contributed by atoms with Crippen LogP contribution >= 0.6 is 0 Å². The van der Waals surface area contributed by atoms with E-state index in [1.165, 1.54) is 25.7 Å². The molecule has 0 heterocycles. The fourth-order valence-corrected chi connectivity index (χ4v) is 2.49. The van der Waals surface area contributed by atoms with Crippen molar-refractivity contribution in [1.82, 2.24) is 4.90 Å². The van der Waals surface area contributed by atoms with E-state index in [1.807, 2.05) is 0 Å². The van der Waals surface area contributed by atoms with Crippen LogP contribution in [0, 0.1) is 0 Å². The Hall–Kier alpha value is -0.830. The van der Waals surface area contributed by atoms with Crippen molar-refractivity contribution in [3.8, 4) is 0 Å². The predicted octanol–water partition coefficient (Wildman–Crippen LogP) is 4.18. The first kappa shape index (κ1) is 19.2. The number of hydrogen-bond acceptors (Lipinski definition) is 3. The van der Waals surface area contributed by atoms with Crippen molar-refractivity contribution in [2.75, 3.05) is 19.7 Å². The lowest BCUT2D eigenvalue weighted by atomic mass is 10.0. The topological polar surface area (TPSA) is 29.5 Å². The largest absolute Gasteiger partial charge is 0.462 e. The Morgan fingerprint density at radius 2 is 1.70 bits per heavy atom. The third kappa shape index (κ3) is 8.36. The second-order valence-corrected chi connectivity index (χ2v) is 5.43. The normalized spacial score (nSPS) is 12.4. The molecule has 0 N–H and O–H groups in total. The number of ether oxygens (including phenoxy) is 1. The van der Waals surface area contributed by atoms with E-state index < -0.39 is 0 Å². The first-order valence-electron chi connectivity index (χ1n) is 8.13. The lowest BCUT2D eigenvalue weighted by Gasteiger charge is -2.29. The van der Waals surface area contributed by atoms with E-state index in [0.29, 0.717) is 18.2 Å². The SMILES string of the molecule is C=C(C)C(=O)OCCCC(CCCCC)N(CC)CC. The van der Waals surface area contributed by atoms with Gasteiger partial charge in [0.25, 0.3) is 0 Å². The second-order valence-electron chi connectivity index (χ2n) is 5.43. The molecule has 0 aromatic heterocycles. The standard InChI is InChI=1S/C17H33NO2/c1-6-9-10-12-16(18(7-2)8-3)13-11-14-20-17(19)15(4)5/h16H,4,6-14H2,1-3,5H3. The van der Waals surface area contributed by atoms with Crippen LogP contribution in [0.4, 0.5) is 0 Å². The fourth-order valence-electron chi connectivity index (χ4n) is 2.49. The van der Waals surface area contributed by atoms with Gasteiger partial charge in [0.2, 0.25) is 0 Å². The number of carbonyl (C=O) groups excluding carboxylic acids is 1. The Morgan fingerprint density at radius 1 is 1.10 bits per heavy atom. The van der Waals surface area contributed by atoms with Gasteiger partial charge in [0.1, 0.15) is 0 Å². The number of nitrogens with zero attached hydrogens (tertiary/aromatic N) is 1. The monoisotopic (exact) mass is 283 g/mol. The van der Waals surface area contributed by atoms with Crippen LogP contribution in [0.2, 0.25) is 0 Å². The number of unbranched alkanes of at least 4 members (excludes halogenated alkanes) is 2. The lowest BCUT2D eigenvalue weighted by molar-refractivity contribution is -0.139. The minimum Gasteiger partial charge on any atom is -0.462 e. The molecule has 1 unspecified atom stereocenters. The van der Waals surface area contributed by atoms with E-state index in [2.05, 4.69) is 32.3 Å². The van der Waals surface area contributed by atoms with Crippen molar-refractivity contribution >= 4 is 5.97 Å². The van der Waals surface area contributed by atoms with E-state index in [1.54, 1.807) is 6.92 Å². The van der Waals surface area contributed by atoms with E-state index in [-0.39, 0.29) is 5.97 Å². The summed E-state index contributed by atoms with van der Waals surface area (Å²) in [5.74, 6) is -0.268. The molecule has 1 atom stereocenters. The molecule has 0 aliphatic rings. The molecule has 20 heavy (non-hydrogen) atoms. The Labute approximate surface area is 125 Å². The Bertz CT molecular complexity index is 272. The molecule has 0 radical (unpaired) electrons. The van der Waals surface area contributed by atoms with Crippen LogP contribution < -0.4 is 0 Å². The van der Waals surface area contributed by atoms with Gasteiger partial charge in [-0.15, -0.1) is 0 Å². The zero-order valence-corrected chi connectivity index (χ0v) is 13.9. The molecule has 0 aliphatic carbocycles. The molecule has 118 valence electrons. The van der Waals surface area contributed by atoms with Crippen LogP contribution in [0.1, 0.15) is 66.2 Å². The molecule has 0 bridgehead atoms. The summed E-state index contributed by atoms with van der Waals surface area (Å²) in [6.07, 6.45) is 7.16. The summed E-state index contributed by atoms with van der Waals surface area (Å²) in [6.45, 7) is 14.7.